The van der Waals surface area contributed by atoms with Crippen LogP contribution in [0.2, 0.25) is 0 Å². The Hall–Kier alpha value is -0.480. The van der Waals surface area contributed by atoms with Crippen LogP contribution in [0.3, 0.4) is 0 Å². The van der Waals surface area contributed by atoms with E-state index in [0.717, 1.165) is 32.1 Å². The Morgan fingerprint density at radius 3 is 3.00 bits per heavy atom. The average molecular weight is 337 g/mol. The molecule has 1 heterocycles. The van der Waals surface area contributed by atoms with Crippen molar-refractivity contribution in [2.75, 3.05) is 40.4 Å². The van der Waals surface area contributed by atoms with Gasteiger partial charge in [0.1, 0.15) is 0 Å². The first-order valence-electron chi connectivity index (χ1n) is 5.19. The van der Waals surface area contributed by atoms with Crippen LogP contribution in [0.4, 0.5) is 0 Å². The number of aliphatic imine (C=N–C) groups is 1. The van der Waals surface area contributed by atoms with Gasteiger partial charge in [0.25, 0.3) is 0 Å². The Labute approximate surface area is 115 Å². The second-order valence-electron chi connectivity index (χ2n) is 3.66. The zero-order chi connectivity index (χ0) is 11.1. The van der Waals surface area contributed by atoms with Crippen LogP contribution >= 0.6 is 24.0 Å². The van der Waals surface area contributed by atoms with E-state index in [1.807, 2.05) is 0 Å². The van der Waals surface area contributed by atoms with Crippen molar-refractivity contribution in [2.24, 2.45) is 10.9 Å². The van der Waals surface area contributed by atoms with Gasteiger partial charge in [-0.15, -0.1) is 30.4 Å². The monoisotopic (exact) mass is 337 g/mol. The highest BCUT2D eigenvalue weighted by Gasteiger charge is 2.24. The minimum absolute atomic E-state index is 0. The first-order chi connectivity index (χ1) is 7.31. The normalized spacial score (nSPS) is 20.2. The molecule has 0 aliphatic carbocycles. The number of likely N-dealkylation sites (tertiary alicyclic amines) is 1. The number of rotatable bonds is 3. The lowest BCUT2D eigenvalue weighted by Crippen LogP contribution is -2.40. The topological polar surface area (TPSA) is 36.9 Å². The van der Waals surface area contributed by atoms with Crippen molar-refractivity contribution >= 4 is 29.9 Å². The van der Waals surface area contributed by atoms with Crippen molar-refractivity contribution in [3.8, 4) is 12.3 Å². The molecule has 1 rings (SSSR count). The quantitative estimate of drug-likeness (QED) is 0.358. The fraction of sp³-hybridized carbons (Fsp3) is 0.727. The molecule has 0 aromatic rings. The van der Waals surface area contributed by atoms with E-state index >= 15 is 0 Å². The summed E-state index contributed by atoms with van der Waals surface area (Å²) in [6.07, 6.45) is 6.36. The Bertz CT molecular complexity index is 262. The van der Waals surface area contributed by atoms with Crippen molar-refractivity contribution in [1.29, 1.82) is 0 Å². The lowest BCUT2D eigenvalue weighted by molar-refractivity contribution is 0.157. The summed E-state index contributed by atoms with van der Waals surface area (Å²) in [4.78, 5) is 6.42. The number of guanidine groups is 1. The molecule has 0 bridgehead atoms. The van der Waals surface area contributed by atoms with E-state index < -0.39 is 0 Å². The maximum atomic E-state index is 5.20. The number of halogens is 1. The molecule has 1 atom stereocenters. The van der Waals surface area contributed by atoms with Gasteiger partial charge >= 0.3 is 0 Å². The van der Waals surface area contributed by atoms with Crippen molar-refractivity contribution in [3.63, 3.8) is 0 Å². The SMILES string of the molecule is C#CCNC(=NC)N1CCC(COC)C1.I. The van der Waals surface area contributed by atoms with Crippen molar-refractivity contribution in [1.82, 2.24) is 10.2 Å². The van der Waals surface area contributed by atoms with Crippen LogP contribution in [0.1, 0.15) is 6.42 Å². The maximum Gasteiger partial charge on any atom is 0.194 e. The van der Waals surface area contributed by atoms with Crippen LogP contribution in [0, 0.1) is 18.3 Å². The van der Waals surface area contributed by atoms with Gasteiger partial charge in [-0.3, -0.25) is 4.99 Å². The van der Waals surface area contributed by atoms with Gasteiger partial charge < -0.3 is 15.0 Å². The zero-order valence-corrected chi connectivity index (χ0v) is 12.2. The first kappa shape index (κ1) is 15.5. The molecule has 0 amide bonds. The summed E-state index contributed by atoms with van der Waals surface area (Å²) in [5.41, 5.74) is 0. The van der Waals surface area contributed by atoms with Crippen LogP contribution in [-0.2, 0) is 4.74 Å². The van der Waals surface area contributed by atoms with Crippen LogP contribution in [0.5, 0.6) is 0 Å². The van der Waals surface area contributed by atoms with Crippen LogP contribution < -0.4 is 5.32 Å². The summed E-state index contributed by atoms with van der Waals surface area (Å²) in [6, 6.07) is 0. The molecule has 0 radical (unpaired) electrons. The number of ether oxygens (including phenoxy) is 1. The Morgan fingerprint density at radius 1 is 1.69 bits per heavy atom. The molecule has 4 nitrogen and oxygen atoms in total. The first-order valence-corrected chi connectivity index (χ1v) is 5.19. The van der Waals surface area contributed by atoms with E-state index in [2.05, 4.69) is 21.1 Å². The van der Waals surface area contributed by atoms with E-state index in [9.17, 15) is 0 Å². The Kier molecular flexibility index (Phi) is 8.39. The van der Waals surface area contributed by atoms with Gasteiger partial charge in [0.05, 0.1) is 13.2 Å². The summed E-state index contributed by atoms with van der Waals surface area (Å²) in [5.74, 6) is 4.05. The second-order valence-corrected chi connectivity index (χ2v) is 3.66. The minimum Gasteiger partial charge on any atom is -0.384 e. The zero-order valence-electron chi connectivity index (χ0n) is 9.90. The fourth-order valence-corrected chi connectivity index (χ4v) is 1.86. The fourth-order valence-electron chi connectivity index (χ4n) is 1.86. The summed E-state index contributed by atoms with van der Waals surface area (Å²) >= 11 is 0. The largest absolute Gasteiger partial charge is 0.384 e. The standard InChI is InChI=1S/C11H19N3O.HI/c1-4-6-13-11(12-2)14-7-5-10(8-14)9-15-3;/h1,10H,5-9H2,2-3H3,(H,12,13);1H. The predicted molar refractivity (Wildman–Crippen MR) is 77.2 cm³/mol. The van der Waals surface area contributed by atoms with E-state index in [1.54, 1.807) is 14.2 Å². The highest BCUT2D eigenvalue weighted by Crippen LogP contribution is 2.15. The van der Waals surface area contributed by atoms with Gasteiger partial charge in [-0.1, -0.05) is 5.92 Å². The number of methoxy groups -OCH3 is 1. The molecular weight excluding hydrogens is 317 g/mol. The number of nitrogens with one attached hydrogen (secondary N) is 1. The number of terminal acetylenes is 1. The lowest BCUT2D eigenvalue weighted by Gasteiger charge is -2.20. The van der Waals surface area contributed by atoms with E-state index in [1.165, 1.54) is 0 Å². The average Bonchev–Trinajstić information content (AvgIpc) is 2.68. The second kappa shape index (κ2) is 8.65. The Morgan fingerprint density at radius 2 is 2.44 bits per heavy atom. The molecule has 92 valence electrons. The van der Waals surface area contributed by atoms with Crippen LogP contribution in [-0.4, -0.2) is 51.3 Å². The van der Waals surface area contributed by atoms with Crippen molar-refractivity contribution in [2.45, 2.75) is 6.42 Å². The molecular formula is C11H20IN3O. The number of hydrogen-bond acceptors (Lipinski definition) is 2. The lowest BCUT2D eigenvalue weighted by atomic mass is 10.1. The van der Waals surface area contributed by atoms with Crippen molar-refractivity contribution < 1.29 is 4.74 Å². The minimum atomic E-state index is 0. The number of nitrogens with zero attached hydrogens (tertiary/aromatic N) is 2. The van der Waals surface area contributed by atoms with Gasteiger partial charge in [0, 0.05) is 33.2 Å². The smallest absolute Gasteiger partial charge is 0.194 e. The van der Waals surface area contributed by atoms with E-state index in [4.69, 9.17) is 11.2 Å². The van der Waals surface area contributed by atoms with Crippen LogP contribution in [0.15, 0.2) is 4.99 Å². The summed E-state index contributed by atoms with van der Waals surface area (Å²) in [7, 11) is 3.52. The van der Waals surface area contributed by atoms with Crippen molar-refractivity contribution in [3.05, 3.63) is 0 Å². The molecule has 0 aromatic heterocycles. The molecule has 0 spiro atoms. The molecule has 5 heteroatoms. The molecule has 1 fully saturated rings. The summed E-state index contributed by atoms with van der Waals surface area (Å²) in [5, 5.41) is 3.12. The van der Waals surface area contributed by atoms with Gasteiger partial charge in [0.15, 0.2) is 5.96 Å². The molecule has 1 aliphatic heterocycles. The molecule has 1 aliphatic rings. The molecule has 1 saturated heterocycles. The van der Waals surface area contributed by atoms with Gasteiger partial charge in [-0.25, -0.2) is 0 Å². The third kappa shape index (κ3) is 4.58. The highest BCUT2D eigenvalue weighted by atomic mass is 127. The molecule has 16 heavy (non-hydrogen) atoms. The summed E-state index contributed by atoms with van der Waals surface area (Å²) in [6.45, 7) is 3.37. The predicted octanol–water partition coefficient (Wildman–Crippen LogP) is 0.781. The molecule has 1 N–H and O–H groups in total. The molecule has 0 saturated carbocycles. The Balaban J connectivity index is 0.00000225. The third-order valence-corrected chi connectivity index (χ3v) is 2.55. The van der Waals surface area contributed by atoms with Gasteiger partial charge in [0.2, 0.25) is 0 Å². The van der Waals surface area contributed by atoms with Gasteiger partial charge in [-0.2, -0.15) is 0 Å². The maximum absolute atomic E-state index is 5.20. The number of hydrogen-bond donors (Lipinski definition) is 1. The van der Waals surface area contributed by atoms with Crippen LogP contribution in [0.25, 0.3) is 0 Å². The highest BCUT2D eigenvalue weighted by molar-refractivity contribution is 14.0. The van der Waals surface area contributed by atoms with E-state index in [-0.39, 0.29) is 24.0 Å². The molecule has 0 aromatic carbocycles. The summed E-state index contributed by atoms with van der Waals surface area (Å²) < 4.78 is 5.15. The van der Waals surface area contributed by atoms with Gasteiger partial charge in [-0.05, 0) is 6.42 Å². The molecule has 1 unspecified atom stereocenters. The third-order valence-electron chi connectivity index (χ3n) is 2.55. The van der Waals surface area contributed by atoms with E-state index in [0.29, 0.717) is 12.5 Å².